The van der Waals surface area contributed by atoms with Gasteiger partial charge in [0, 0.05) is 19.1 Å². The van der Waals surface area contributed by atoms with Crippen molar-refractivity contribution in [3.63, 3.8) is 0 Å². The quantitative estimate of drug-likeness (QED) is 0.843. The Morgan fingerprint density at radius 3 is 2.94 bits per heavy atom. The van der Waals surface area contributed by atoms with Crippen molar-refractivity contribution in [1.29, 1.82) is 0 Å². The summed E-state index contributed by atoms with van der Waals surface area (Å²) in [5.74, 6) is -1.03. The Bertz CT molecular complexity index is 439. The molecule has 2 unspecified atom stereocenters. The second-order valence-corrected chi connectivity index (χ2v) is 4.84. The van der Waals surface area contributed by atoms with Crippen LogP contribution in [-0.4, -0.2) is 41.7 Å². The van der Waals surface area contributed by atoms with Crippen LogP contribution in [0.25, 0.3) is 0 Å². The van der Waals surface area contributed by atoms with Crippen LogP contribution in [0.4, 0.5) is 4.39 Å². The highest BCUT2D eigenvalue weighted by Gasteiger charge is 2.27. The third-order valence-corrected chi connectivity index (χ3v) is 3.24. The molecule has 1 aromatic carbocycles. The first-order valence-electron chi connectivity index (χ1n) is 6.00. The van der Waals surface area contributed by atoms with E-state index in [-0.39, 0.29) is 24.3 Å². The van der Waals surface area contributed by atoms with Gasteiger partial charge in [0.25, 0.3) is 0 Å². The fourth-order valence-corrected chi connectivity index (χ4v) is 2.55. The Morgan fingerprint density at radius 1 is 1.50 bits per heavy atom. The van der Waals surface area contributed by atoms with Crippen molar-refractivity contribution in [3.8, 4) is 0 Å². The van der Waals surface area contributed by atoms with E-state index in [2.05, 4.69) is 0 Å². The first kappa shape index (κ1) is 13.0. The maximum Gasteiger partial charge on any atom is 0.317 e. The minimum absolute atomic E-state index is 0.0144. The van der Waals surface area contributed by atoms with Gasteiger partial charge in [0.2, 0.25) is 0 Å². The molecule has 0 spiro atoms. The van der Waals surface area contributed by atoms with Crippen LogP contribution < -0.4 is 5.73 Å². The molecule has 0 radical (unpaired) electrons. The summed E-state index contributed by atoms with van der Waals surface area (Å²) in [6, 6.07) is 6.38. The van der Waals surface area contributed by atoms with Crippen molar-refractivity contribution in [2.75, 3.05) is 19.6 Å². The topological polar surface area (TPSA) is 66.6 Å². The molecule has 2 rings (SSSR count). The van der Waals surface area contributed by atoms with Crippen LogP contribution in [0.5, 0.6) is 0 Å². The van der Waals surface area contributed by atoms with Gasteiger partial charge in [0.15, 0.2) is 0 Å². The lowest BCUT2D eigenvalue weighted by Gasteiger charge is -2.35. The summed E-state index contributed by atoms with van der Waals surface area (Å²) in [6.45, 7) is 1.18. The number of carbonyl (C=O) groups is 1. The van der Waals surface area contributed by atoms with E-state index in [9.17, 15) is 9.18 Å². The van der Waals surface area contributed by atoms with Crippen LogP contribution in [0.2, 0.25) is 0 Å². The maximum absolute atomic E-state index is 13.2. The van der Waals surface area contributed by atoms with Gasteiger partial charge in [-0.15, -0.1) is 0 Å². The Balaban J connectivity index is 2.10. The number of rotatable bonds is 3. The van der Waals surface area contributed by atoms with Gasteiger partial charge in [-0.25, -0.2) is 4.39 Å². The van der Waals surface area contributed by atoms with E-state index in [1.807, 2.05) is 11.0 Å². The fraction of sp³-hybridized carbons (Fsp3) is 0.462. The minimum atomic E-state index is -0.859. The lowest BCUT2D eigenvalue weighted by Crippen LogP contribution is -2.47. The number of benzene rings is 1. The summed E-state index contributed by atoms with van der Waals surface area (Å²) in [5, 5.41) is 8.81. The number of hydrogen-bond acceptors (Lipinski definition) is 3. The number of nitrogens with zero attached hydrogens (tertiary/aromatic N) is 1. The van der Waals surface area contributed by atoms with Gasteiger partial charge in [-0.3, -0.25) is 9.69 Å². The lowest BCUT2D eigenvalue weighted by atomic mass is 9.88. The normalized spacial score (nSPS) is 25.0. The lowest BCUT2D eigenvalue weighted by molar-refractivity contribution is -0.138. The van der Waals surface area contributed by atoms with Gasteiger partial charge < -0.3 is 10.8 Å². The number of carboxylic acid groups (broad SMARTS) is 1. The zero-order valence-electron chi connectivity index (χ0n) is 10.1. The average molecular weight is 252 g/mol. The SMILES string of the molecule is NC1CC(c2cccc(F)c2)CN(CC(=O)O)C1. The van der Waals surface area contributed by atoms with E-state index in [0.717, 1.165) is 12.0 Å². The average Bonchev–Trinajstić information content (AvgIpc) is 2.27. The van der Waals surface area contributed by atoms with Gasteiger partial charge in [0.1, 0.15) is 5.82 Å². The van der Waals surface area contributed by atoms with Gasteiger partial charge in [-0.05, 0) is 30.0 Å². The molecular formula is C13H17FN2O2. The molecule has 1 fully saturated rings. The smallest absolute Gasteiger partial charge is 0.317 e. The fourth-order valence-electron chi connectivity index (χ4n) is 2.55. The van der Waals surface area contributed by atoms with Crippen molar-refractivity contribution in [2.24, 2.45) is 5.73 Å². The predicted octanol–water partition coefficient (Wildman–Crippen LogP) is 1.03. The molecule has 18 heavy (non-hydrogen) atoms. The second-order valence-electron chi connectivity index (χ2n) is 4.84. The van der Waals surface area contributed by atoms with Gasteiger partial charge in [0.05, 0.1) is 6.54 Å². The molecular weight excluding hydrogens is 235 g/mol. The highest BCUT2D eigenvalue weighted by molar-refractivity contribution is 5.69. The number of piperidine rings is 1. The number of nitrogens with two attached hydrogens (primary N) is 1. The van der Waals surface area contributed by atoms with E-state index in [0.29, 0.717) is 13.1 Å². The van der Waals surface area contributed by atoms with Crippen LogP contribution in [0.1, 0.15) is 17.9 Å². The summed E-state index contributed by atoms with van der Waals surface area (Å²) in [4.78, 5) is 12.5. The molecule has 4 nitrogen and oxygen atoms in total. The summed E-state index contributed by atoms with van der Waals surface area (Å²) in [5.41, 5.74) is 6.83. The van der Waals surface area contributed by atoms with Crippen molar-refractivity contribution in [1.82, 2.24) is 4.90 Å². The molecule has 1 heterocycles. The van der Waals surface area contributed by atoms with E-state index >= 15 is 0 Å². The van der Waals surface area contributed by atoms with Crippen LogP contribution in [0, 0.1) is 5.82 Å². The maximum atomic E-state index is 13.2. The van der Waals surface area contributed by atoms with Crippen molar-refractivity contribution >= 4 is 5.97 Å². The van der Waals surface area contributed by atoms with Crippen LogP contribution in [0.3, 0.4) is 0 Å². The molecule has 98 valence electrons. The standard InChI is InChI=1S/C13H17FN2O2/c14-11-3-1-2-9(4-11)10-5-12(15)7-16(6-10)8-13(17)18/h1-4,10,12H,5-8,15H2,(H,17,18). The molecule has 3 N–H and O–H groups in total. The molecule has 2 atom stereocenters. The Labute approximate surface area is 105 Å². The summed E-state index contributed by atoms with van der Waals surface area (Å²) < 4.78 is 13.2. The van der Waals surface area contributed by atoms with Crippen molar-refractivity contribution < 1.29 is 14.3 Å². The predicted molar refractivity (Wildman–Crippen MR) is 65.8 cm³/mol. The molecule has 1 aliphatic rings. The van der Waals surface area contributed by atoms with E-state index < -0.39 is 5.97 Å². The molecule has 1 aromatic rings. The third-order valence-electron chi connectivity index (χ3n) is 3.24. The molecule has 5 heteroatoms. The first-order chi connectivity index (χ1) is 8.54. The van der Waals surface area contributed by atoms with Crippen LogP contribution in [-0.2, 0) is 4.79 Å². The summed E-state index contributed by atoms with van der Waals surface area (Å²) in [7, 11) is 0. The Morgan fingerprint density at radius 2 is 2.28 bits per heavy atom. The van der Waals surface area contributed by atoms with E-state index in [1.54, 1.807) is 6.07 Å². The molecule has 0 saturated carbocycles. The number of halogens is 1. The number of aliphatic carboxylic acids is 1. The number of carboxylic acids is 1. The Hall–Kier alpha value is -1.46. The zero-order valence-corrected chi connectivity index (χ0v) is 10.1. The molecule has 0 aromatic heterocycles. The second kappa shape index (κ2) is 5.46. The van der Waals surface area contributed by atoms with Gasteiger partial charge >= 0.3 is 5.97 Å². The van der Waals surface area contributed by atoms with E-state index in [1.165, 1.54) is 12.1 Å². The third kappa shape index (κ3) is 3.27. The van der Waals surface area contributed by atoms with E-state index in [4.69, 9.17) is 10.8 Å². The molecule has 0 amide bonds. The zero-order chi connectivity index (χ0) is 13.1. The van der Waals surface area contributed by atoms with Crippen LogP contribution in [0.15, 0.2) is 24.3 Å². The summed E-state index contributed by atoms with van der Waals surface area (Å²) in [6.07, 6.45) is 0.763. The van der Waals surface area contributed by atoms with Gasteiger partial charge in [-0.2, -0.15) is 0 Å². The Kier molecular flexibility index (Phi) is 3.93. The van der Waals surface area contributed by atoms with Crippen LogP contribution >= 0.6 is 0 Å². The number of likely N-dealkylation sites (tertiary alicyclic amines) is 1. The van der Waals surface area contributed by atoms with Gasteiger partial charge in [-0.1, -0.05) is 12.1 Å². The monoisotopic (exact) mass is 252 g/mol. The van der Waals surface area contributed by atoms with Crippen molar-refractivity contribution in [2.45, 2.75) is 18.4 Å². The molecule has 0 aliphatic carbocycles. The highest BCUT2D eigenvalue weighted by Crippen LogP contribution is 2.26. The number of hydrogen-bond donors (Lipinski definition) is 2. The summed E-state index contributed by atoms with van der Waals surface area (Å²) >= 11 is 0. The molecule has 0 bridgehead atoms. The highest BCUT2D eigenvalue weighted by atomic mass is 19.1. The largest absolute Gasteiger partial charge is 0.480 e. The molecule has 1 saturated heterocycles. The molecule has 1 aliphatic heterocycles. The minimum Gasteiger partial charge on any atom is -0.480 e. The first-order valence-corrected chi connectivity index (χ1v) is 6.00. The van der Waals surface area contributed by atoms with Crippen molar-refractivity contribution in [3.05, 3.63) is 35.6 Å².